The highest BCUT2D eigenvalue weighted by Gasteiger charge is 2.48. The molecule has 2 heterocycles. The molecule has 27 heavy (non-hydrogen) atoms. The van der Waals surface area contributed by atoms with Crippen LogP contribution in [0.5, 0.6) is 11.5 Å². The Hall–Kier alpha value is -2.38. The Morgan fingerprint density at radius 3 is 2.63 bits per heavy atom. The third-order valence-electron chi connectivity index (χ3n) is 5.02. The number of rotatable bonds is 5. The molecule has 0 aromatic heterocycles. The number of nitrogens with zero attached hydrogens (tertiary/aromatic N) is 1. The summed E-state index contributed by atoms with van der Waals surface area (Å²) in [4.78, 5) is 12.5. The van der Waals surface area contributed by atoms with Crippen molar-refractivity contribution < 1.29 is 22.7 Å². The van der Waals surface area contributed by atoms with E-state index in [0.717, 1.165) is 0 Å². The van der Waals surface area contributed by atoms with Gasteiger partial charge in [0.2, 0.25) is 10.0 Å². The molecule has 2 aromatic carbocycles. The van der Waals surface area contributed by atoms with E-state index in [1.165, 1.54) is 4.31 Å². The SMILES string of the molecule is O=C1CC2(CCN(S(=O)(=O)CCOc3ccccc3)C2)Oc2ccccc21. The maximum atomic E-state index is 12.7. The summed E-state index contributed by atoms with van der Waals surface area (Å²) in [5.41, 5.74) is -0.195. The summed E-state index contributed by atoms with van der Waals surface area (Å²) in [6, 6.07) is 16.2. The summed E-state index contributed by atoms with van der Waals surface area (Å²) in [5.74, 6) is 1.08. The Labute approximate surface area is 158 Å². The zero-order valence-electron chi connectivity index (χ0n) is 14.8. The molecule has 1 unspecified atom stereocenters. The van der Waals surface area contributed by atoms with Crippen molar-refractivity contribution in [3.05, 3.63) is 60.2 Å². The molecule has 1 atom stereocenters. The van der Waals surface area contributed by atoms with Crippen LogP contribution in [0.25, 0.3) is 0 Å². The van der Waals surface area contributed by atoms with E-state index in [2.05, 4.69) is 0 Å². The van der Waals surface area contributed by atoms with E-state index in [4.69, 9.17) is 9.47 Å². The number of para-hydroxylation sites is 2. The second-order valence-electron chi connectivity index (χ2n) is 6.94. The largest absolute Gasteiger partial charge is 0.492 e. The van der Waals surface area contributed by atoms with Crippen LogP contribution in [0, 0.1) is 0 Å². The zero-order chi connectivity index (χ0) is 18.9. The highest BCUT2D eigenvalue weighted by molar-refractivity contribution is 7.89. The average molecular weight is 387 g/mol. The normalized spacial score (nSPS) is 22.4. The fourth-order valence-corrected chi connectivity index (χ4v) is 4.98. The van der Waals surface area contributed by atoms with Crippen LogP contribution >= 0.6 is 0 Å². The highest BCUT2D eigenvalue weighted by Crippen LogP contribution is 2.39. The Bertz CT molecular complexity index is 944. The summed E-state index contributed by atoms with van der Waals surface area (Å²) in [6.45, 7) is 0.627. The van der Waals surface area contributed by atoms with Crippen LogP contribution in [0.2, 0.25) is 0 Å². The molecule has 6 nitrogen and oxygen atoms in total. The summed E-state index contributed by atoms with van der Waals surface area (Å²) in [7, 11) is -3.48. The van der Waals surface area contributed by atoms with Gasteiger partial charge in [0.1, 0.15) is 23.7 Å². The Kier molecular flexibility index (Phi) is 4.65. The molecule has 0 aliphatic carbocycles. The van der Waals surface area contributed by atoms with Crippen molar-refractivity contribution >= 4 is 15.8 Å². The number of carbonyl (C=O) groups excluding carboxylic acids is 1. The molecule has 0 N–H and O–H groups in total. The molecule has 0 bridgehead atoms. The van der Waals surface area contributed by atoms with Gasteiger partial charge in [-0.05, 0) is 24.3 Å². The van der Waals surface area contributed by atoms with Crippen LogP contribution in [0.3, 0.4) is 0 Å². The van der Waals surface area contributed by atoms with Crippen molar-refractivity contribution in [3.63, 3.8) is 0 Å². The molecule has 7 heteroatoms. The van der Waals surface area contributed by atoms with Crippen LogP contribution in [0.15, 0.2) is 54.6 Å². The fraction of sp³-hybridized carbons (Fsp3) is 0.350. The quantitative estimate of drug-likeness (QED) is 0.788. The van der Waals surface area contributed by atoms with Gasteiger partial charge in [0.25, 0.3) is 0 Å². The number of ether oxygens (including phenoxy) is 2. The monoisotopic (exact) mass is 387 g/mol. The minimum absolute atomic E-state index is 0.00325. The van der Waals surface area contributed by atoms with Gasteiger partial charge in [0.05, 0.1) is 24.3 Å². The molecule has 0 amide bonds. The fourth-order valence-electron chi connectivity index (χ4n) is 3.63. The van der Waals surface area contributed by atoms with E-state index in [-0.39, 0.29) is 31.1 Å². The van der Waals surface area contributed by atoms with E-state index >= 15 is 0 Å². The number of benzene rings is 2. The van der Waals surface area contributed by atoms with Gasteiger partial charge < -0.3 is 9.47 Å². The van der Waals surface area contributed by atoms with Crippen molar-refractivity contribution in [2.75, 3.05) is 25.4 Å². The maximum Gasteiger partial charge on any atom is 0.217 e. The second-order valence-corrected chi connectivity index (χ2v) is 9.03. The van der Waals surface area contributed by atoms with Crippen molar-refractivity contribution in [3.8, 4) is 11.5 Å². The van der Waals surface area contributed by atoms with E-state index in [0.29, 0.717) is 30.0 Å². The zero-order valence-corrected chi connectivity index (χ0v) is 15.7. The second kappa shape index (κ2) is 6.98. The smallest absolute Gasteiger partial charge is 0.217 e. The molecule has 1 saturated heterocycles. The van der Waals surface area contributed by atoms with Gasteiger partial charge in [0, 0.05) is 13.0 Å². The maximum absolute atomic E-state index is 12.7. The summed E-state index contributed by atoms with van der Waals surface area (Å²) < 4.78 is 38.4. The summed E-state index contributed by atoms with van der Waals surface area (Å²) >= 11 is 0. The number of carbonyl (C=O) groups is 1. The summed E-state index contributed by atoms with van der Waals surface area (Å²) in [5, 5.41) is 0. The van der Waals surface area contributed by atoms with E-state index in [1.807, 2.05) is 24.3 Å². The van der Waals surface area contributed by atoms with Crippen molar-refractivity contribution in [1.29, 1.82) is 0 Å². The first-order valence-electron chi connectivity index (χ1n) is 8.94. The lowest BCUT2D eigenvalue weighted by molar-refractivity contribution is 0.0498. The topological polar surface area (TPSA) is 72.9 Å². The predicted octanol–water partition coefficient (Wildman–Crippen LogP) is 2.51. The minimum atomic E-state index is -3.48. The number of fused-ring (bicyclic) bond motifs is 1. The molecule has 2 aliphatic rings. The van der Waals surface area contributed by atoms with Crippen molar-refractivity contribution in [2.24, 2.45) is 0 Å². The first kappa shape index (κ1) is 18.0. The molecular weight excluding hydrogens is 366 g/mol. The van der Waals surface area contributed by atoms with Gasteiger partial charge in [-0.3, -0.25) is 4.79 Å². The molecule has 2 aromatic rings. The molecule has 2 aliphatic heterocycles. The van der Waals surface area contributed by atoms with Gasteiger partial charge >= 0.3 is 0 Å². The molecular formula is C20H21NO5S. The molecule has 1 fully saturated rings. The Morgan fingerprint density at radius 1 is 1.07 bits per heavy atom. The van der Waals surface area contributed by atoms with Gasteiger partial charge in [-0.2, -0.15) is 4.31 Å². The standard InChI is InChI=1S/C20H21NO5S/c22-18-14-20(26-19-9-5-4-8-17(18)19)10-11-21(15-20)27(23,24)13-12-25-16-6-2-1-3-7-16/h1-9H,10-15H2. The molecule has 4 rings (SSSR count). The highest BCUT2D eigenvalue weighted by atomic mass is 32.2. The summed E-state index contributed by atoms with van der Waals surface area (Å²) in [6.07, 6.45) is 0.711. The average Bonchev–Trinajstić information content (AvgIpc) is 3.06. The number of sulfonamides is 1. The van der Waals surface area contributed by atoms with E-state index in [1.54, 1.807) is 30.3 Å². The van der Waals surface area contributed by atoms with Crippen molar-refractivity contribution in [2.45, 2.75) is 18.4 Å². The van der Waals surface area contributed by atoms with Gasteiger partial charge in [-0.25, -0.2) is 8.42 Å². The minimum Gasteiger partial charge on any atom is -0.492 e. The molecule has 0 radical (unpaired) electrons. The van der Waals surface area contributed by atoms with Crippen LogP contribution < -0.4 is 9.47 Å². The molecule has 0 saturated carbocycles. The van der Waals surface area contributed by atoms with Crippen LogP contribution in [0.4, 0.5) is 0 Å². The number of Topliss-reactive ketones (excluding diaryl/α,β-unsaturated/α-hetero) is 1. The van der Waals surface area contributed by atoms with Gasteiger partial charge in [-0.15, -0.1) is 0 Å². The van der Waals surface area contributed by atoms with Crippen LogP contribution in [-0.2, 0) is 10.0 Å². The van der Waals surface area contributed by atoms with Crippen molar-refractivity contribution in [1.82, 2.24) is 4.31 Å². The number of hydrogen-bond acceptors (Lipinski definition) is 5. The lowest BCUT2D eigenvalue weighted by atomic mass is 9.89. The first-order chi connectivity index (χ1) is 13.0. The van der Waals surface area contributed by atoms with Crippen LogP contribution in [0.1, 0.15) is 23.2 Å². The number of ketones is 1. The number of hydrogen-bond donors (Lipinski definition) is 0. The first-order valence-corrected chi connectivity index (χ1v) is 10.6. The van der Waals surface area contributed by atoms with Gasteiger partial charge in [-0.1, -0.05) is 30.3 Å². The lowest BCUT2D eigenvalue weighted by Crippen LogP contribution is -2.45. The molecule has 142 valence electrons. The Morgan fingerprint density at radius 2 is 1.81 bits per heavy atom. The van der Waals surface area contributed by atoms with Crippen LogP contribution in [-0.4, -0.2) is 49.6 Å². The van der Waals surface area contributed by atoms with E-state index < -0.39 is 15.6 Å². The third kappa shape index (κ3) is 3.70. The molecule has 1 spiro atoms. The Balaban J connectivity index is 1.41. The van der Waals surface area contributed by atoms with E-state index in [9.17, 15) is 13.2 Å². The van der Waals surface area contributed by atoms with Gasteiger partial charge in [0.15, 0.2) is 5.78 Å². The predicted molar refractivity (Wildman–Crippen MR) is 101 cm³/mol. The lowest BCUT2D eigenvalue weighted by Gasteiger charge is -2.34. The third-order valence-corrected chi connectivity index (χ3v) is 6.81.